The van der Waals surface area contributed by atoms with Crippen LogP contribution in [0.15, 0.2) is 30.6 Å². The second-order valence-corrected chi connectivity index (χ2v) is 12.7. The van der Waals surface area contributed by atoms with Crippen molar-refractivity contribution >= 4 is 27.6 Å². The fourth-order valence-corrected chi connectivity index (χ4v) is 7.50. The van der Waals surface area contributed by atoms with Crippen LogP contribution in [-0.4, -0.2) is 74.3 Å². The molecule has 3 fully saturated rings. The first-order chi connectivity index (χ1) is 17.2. The van der Waals surface area contributed by atoms with Crippen molar-refractivity contribution in [1.29, 1.82) is 0 Å². The van der Waals surface area contributed by atoms with Gasteiger partial charge in [0.2, 0.25) is 0 Å². The van der Waals surface area contributed by atoms with Gasteiger partial charge in [0.1, 0.15) is 0 Å². The van der Waals surface area contributed by atoms with Crippen LogP contribution in [0, 0.1) is 11.3 Å². The van der Waals surface area contributed by atoms with Crippen LogP contribution in [0.25, 0.3) is 21.3 Å². The smallest absolute Gasteiger partial charge is 0.407 e. The van der Waals surface area contributed by atoms with Crippen LogP contribution in [0.3, 0.4) is 0 Å². The predicted octanol–water partition coefficient (Wildman–Crippen LogP) is 5.11. The second kappa shape index (κ2) is 8.66. The van der Waals surface area contributed by atoms with Gasteiger partial charge in [-0.15, -0.1) is 11.3 Å². The molecule has 1 N–H and O–H groups in total. The van der Waals surface area contributed by atoms with Gasteiger partial charge >= 0.3 is 12.1 Å². The summed E-state index contributed by atoms with van der Waals surface area (Å²) in [7, 11) is 1.56. The van der Waals surface area contributed by atoms with Crippen LogP contribution in [0.5, 0.6) is 6.01 Å². The third-order valence-electron chi connectivity index (χ3n) is 8.40. The first-order valence-corrected chi connectivity index (χ1v) is 13.5. The molecule has 0 bridgehead atoms. The summed E-state index contributed by atoms with van der Waals surface area (Å²) in [5.74, 6) is 0.936. The van der Waals surface area contributed by atoms with Gasteiger partial charge in [0.05, 0.1) is 28.4 Å². The fraction of sp³-hybridized carbons (Fsp3) is 0.556. The van der Waals surface area contributed by atoms with E-state index in [1.54, 1.807) is 35.7 Å². The summed E-state index contributed by atoms with van der Waals surface area (Å²) in [5, 5.41) is 11.2. The van der Waals surface area contributed by atoms with Crippen molar-refractivity contribution in [3.05, 3.63) is 35.6 Å². The highest BCUT2D eigenvalue weighted by molar-refractivity contribution is 7.18. The van der Waals surface area contributed by atoms with Crippen molar-refractivity contribution in [3.63, 3.8) is 0 Å². The Morgan fingerprint density at radius 3 is 2.53 bits per heavy atom. The molecule has 1 aliphatic carbocycles. The third kappa shape index (κ3) is 4.02. The molecule has 36 heavy (non-hydrogen) atoms. The van der Waals surface area contributed by atoms with Crippen molar-refractivity contribution < 1.29 is 14.6 Å². The molecule has 9 heteroatoms. The monoisotopic (exact) mass is 507 g/mol. The van der Waals surface area contributed by atoms with Gasteiger partial charge in [-0.1, -0.05) is 26.8 Å². The standard InChI is InChI=1S/C27H33N5O3S/c1-27(2,3)23-10-17-13-31(14-21(17)32(23)26(33)34)19-7-16(8-19)24-30-20-6-5-15(9-22(20)36-24)18-11-28-25(35-4)29-12-18/h5-6,9,11-12,16-17,19,21,23H,7-8,10,13-14H2,1-4H3,(H,33,34)/t16?,17-,19?,21+,23?/m1/s1. The van der Waals surface area contributed by atoms with E-state index in [4.69, 9.17) is 9.72 Å². The number of carbonyl (C=O) groups is 1. The Bertz CT molecular complexity index is 1280. The van der Waals surface area contributed by atoms with Gasteiger partial charge in [-0.3, -0.25) is 4.90 Å². The van der Waals surface area contributed by atoms with Gasteiger partial charge in [0.15, 0.2) is 0 Å². The van der Waals surface area contributed by atoms with Gasteiger partial charge in [-0.05, 0) is 48.3 Å². The van der Waals surface area contributed by atoms with Gasteiger partial charge < -0.3 is 14.7 Å². The number of benzene rings is 1. The molecule has 1 aromatic carbocycles. The molecule has 2 aliphatic heterocycles. The van der Waals surface area contributed by atoms with Crippen LogP contribution >= 0.6 is 11.3 Å². The van der Waals surface area contributed by atoms with Crippen molar-refractivity contribution in [2.75, 3.05) is 20.2 Å². The number of carboxylic acid groups (broad SMARTS) is 1. The van der Waals surface area contributed by atoms with E-state index in [1.807, 2.05) is 0 Å². The molecule has 0 spiro atoms. The fourth-order valence-electron chi connectivity index (χ4n) is 6.36. The van der Waals surface area contributed by atoms with E-state index in [-0.39, 0.29) is 17.5 Å². The van der Waals surface area contributed by atoms with E-state index in [1.165, 1.54) is 9.71 Å². The number of hydrogen-bond acceptors (Lipinski definition) is 7. The Kier molecular flexibility index (Phi) is 5.68. The van der Waals surface area contributed by atoms with Gasteiger partial charge in [0.25, 0.3) is 0 Å². The Labute approximate surface area is 215 Å². The SMILES string of the molecule is COc1ncc(-c2ccc3nc(C4CC(N5C[C@H]6CC(C(C)(C)C)N(C(=O)O)[C@H]6C5)C4)sc3c2)cn1. The number of methoxy groups -OCH3 is 1. The number of aromatic nitrogens is 3. The second-order valence-electron chi connectivity index (χ2n) is 11.6. The molecule has 2 saturated heterocycles. The number of fused-ring (bicyclic) bond motifs is 2. The lowest BCUT2D eigenvalue weighted by molar-refractivity contribution is 0.0691. The highest BCUT2D eigenvalue weighted by Crippen LogP contribution is 2.48. The normalized spacial score (nSPS) is 28.3. The molecule has 3 aromatic rings. The molecule has 4 heterocycles. The summed E-state index contributed by atoms with van der Waals surface area (Å²) in [6, 6.07) is 7.47. The zero-order valence-corrected chi connectivity index (χ0v) is 22.0. The van der Waals surface area contributed by atoms with Crippen molar-refractivity contribution in [3.8, 4) is 17.1 Å². The van der Waals surface area contributed by atoms with E-state index in [9.17, 15) is 9.90 Å². The van der Waals surface area contributed by atoms with Crippen molar-refractivity contribution in [2.45, 2.75) is 64.1 Å². The minimum Gasteiger partial charge on any atom is -0.467 e. The molecule has 1 amide bonds. The van der Waals surface area contributed by atoms with Crippen molar-refractivity contribution in [1.82, 2.24) is 24.8 Å². The number of ether oxygens (including phenoxy) is 1. The van der Waals surface area contributed by atoms with Crippen LogP contribution in [0.4, 0.5) is 4.79 Å². The zero-order chi connectivity index (χ0) is 25.2. The van der Waals surface area contributed by atoms with Crippen molar-refractivity contribution in [2.24, 2.45) is 11.3 Å². The summed E-state index contributed by atoms with van der Waals surface area (Å²) >= 11 is 1.79. The quantitative estimate of drug-likeness (QED) is 0.525. The van der Waals surface area contributed by atoms with Crippen LogP contribution in [0.2, 0.25) is 0 Å². The molecular formula is C27H33N5O3S. The minimum atomic E-state index is -0.759. The Hall–Kier alpha value is -2.78. The molecule has 0 radical (unpaired) electrons. The number of rotatable bonds is 4. The maximum absolute atomic E-state index is 12.1. The largest absolute Gasteiger partial charge is 0.467 e. The van der Waals surface area contributed by atoms with E-state index in [0.717, 1.165) is 49.0 Å². The van der Waals surface area contributed by atoms with Crippen LogP contribution < -0.4 is 4.74 Å². The first-order valence-electron chi connectivity index (χ1n) is 12.7. The van der Waals surface area contributed by atoms with E-state index < -0.39 is 6.09 Å². The van der Waals surface area contributed by atoms with Crippen LogP contribution in [0.1, 0.15) is 51.0 Å². The summed E-state index contributed by atoms with van der Waals surface area (Å²) < 4.78 is 6.25. The summed E-state index contributed by atoms with van der Waals surface area (Å²) in [6.07, 6.45) is 6.00. The number of likely N-dealkylation sites (tertiary alicyclic amines) is 2. The Morgan fingerprint density at radius 2 is 1.86 bits per heavy atom. The third-order valence-corrected chi connectivity index (χ3v) is 9.58. The lowest BCUT2D eigenvalue weighted by atomic mass is 9.79. The maximum atomic E-state index is 12.1. The Morgan fingerprint density at radius 1 is 1.11 bits per heavy atom. The summed E-state index contributed by atoms with van der Waals surface area (Å²) in [5.41, 5.74) is 3.05. The highest BCUT2D eigenvalue weighted by Gasteiger charge is 2.53. The molecule has 190 valence electrons. The van der Waals surface area contributed by atoms with Gasteiger partial charge in [-0.2, -0.15) is 0 Å². The zero-order valence-electron chi connectivity index (χ0n) is 21.2. The number of hydrogen-bond donors (Lipinski definition) is 1. The minimum absolute atomic E-state index is 0.0256. The predicted molar refractivity (Wildman–Crippen MR) is 140 cm³/mol. The topological polar surface area (TPSA) is 91.7 Å². The van der Waals surface area contributed by atoms with E-state index in [0.29, 0.717) is 23.9 Å². The Balaban J connectivity index is 1.11. The average Bonchev–Trinajstić information content (AvgIpc) is 3.49. The lowest BCUT2D eigenvalue weighted by Crippen LogP contribution is -2.50. The lowest BCUT2D eigenvalue weighted by Gasteiger charge is -2.42. The number of thiazole rings is 1. The number of amides is 1. The van der Waals surface area contributed by atoms with E-state index in [2.05, 4.69) is 53.8 Å². The molecule has 1 unspecified atom stereocenters. The molecular weight excluding hydrogens is 474 g/mol. The summed E-state index contributed by atoms with van der Waals surface area (Å²) in [6.45, 7) is 8.37. The summed E-state index contributed by atoms with van der Waals surface area (Å²) in [4.78, 5) is 29.8. The highest BCUT2D eigenvalue weighted by atomic mass is 32.1. The molecule has 2 aromatic heterocycles. The van der Waals surface area contributed by atoms with E-state index >= 15 is 0 Å². The van der Waals surface area contributed by atoms with Crippen LogP contribution in [-0.2, 0) is 0 Å². The maximum Gasteiger partial charge on any atom is 0.407 e. The van der Waals surface area contributed by atoms with Gasteiger partial charge in [-0.25, -0.2) is 19.7 Å². The molecule has 6 rings (SSSR count). The van der Waals surface area contributed by atoms with Gasteiger partial charge in [0, 0.05) is 49.0 Å². The molecule has 3 aliphatic rings. The molecule has 3 atom stereocenters. The molecule has 1 saturated carbocycles. The first kappa shape index (κ1) is 23.6. The molecule has 8 nitrogen and oxygen atoms in total. The average molecular weight is 508 g/mol. The number of nitrogens with zero attached hydrogens (tertiary/aromatic N) is 5.